The van der Waals surface area contributed by atoms with Gasteiger partial charge in [-0.15, -0.1) is 0 Å². The van der Waals surface area contributed by atoms with Crippen molar-refractivity contribution in [2.24, 2.45) is 0 Å². The van der Waals surface area contributed by atoms with Crippen molar-refractivity contribution in [1.29, 1.82) is 0 Å². The van der Waals surface area contributed by atoms with E-state index in [2.05, 4.69) is 45.5 Å². The van der Waals surface area contributed by atoms with Gasteiger partial charge in [0.1, 0.15) is 5.75 Å². The van der Waals surface area contributed by atoms with Crippen LogP contribution in [0.25, 0.3) is 0 Å². The van der Waals surface area contributed by atoms with Gasteiger partial charge in [0.25, 0.3) is 0 Å². The summed E-state index contributed by atoms with van der Waals surface area (Å²) in [6.45, 7) is 6.46. The van der Waals surface area contributed by atoms with Crippen molar-refractivity contribution in [2.75, 3.05) is 12.9 Å². The van der Waals surface area contributed by atoms with Crippen molar-refractivity contribution in [3.8, 4) is 5.75 Å². The molecule has 0 radical (unpaired) electrons. The molecule has 15 heavy (non-hydrogen) atoms. The molecule has 0 heterocycles. The van der Waals surface area contributed by atoms with E-state index in [1.54, 1.807) is 7.11 Å². The normalized spacial score (nSPS) is 12.6. The van der Waals surface area contributed by atoms with Gasteiger partial charge < -0.3 is 4.74 Å². The summed E-state index contributed by atoms with van der Waals surface area (Å²) in [5, 5.41) is 0. The number of benzene rings is 1. The Hall–Kier alpha value is -0.630. The minimum atomic E-state index is 0.510. The van der Waals surface area contributed by atoms with Gasteiger partial charge in [-0.3, -0.25) is 0 Å². The van der Waals surface area contributed by atoms with Gasteiger partial charge in [-0.1, -0.05) is 24.6 Å². The van der Waals surface area contributed by atoms with Crippen LogP contribution in [0.3, 0.4) is 0 Å². The molecule has 0 saturated heterocycles. The molecule has 2 heteroatoms. The molecule has 0 aliphatic carbocycles. The predicted octanol–water partition coefficient (Wildman–Crippen LogP) is 3.74. The summed E-state index contributed by atoms with van der Waals surface area (Å²) in [5.41, 5.74) is 3.83. The first-order valence-electron chi connectivity index (χ1n) is 5.36. The molecule has 1 rings (SSSR count). The third-order valence-electron chi connectivity index (χ3n) is 2.74. The summed E-state index contributed by atoms with van der Waals surface area (Å²) >= 11 is 4.28. The van der Waals surface area contributed by atoms with Crippen molar-refractivity contribution < 1.29 is 4.74 Å². The first-order chi connectivity index (χ1) is 7.10. The zero-order valence-corrected chi connectivity index (χ0v) is 10.9. The van der Waals surface area contributed by atoms with E-state index in [0.717, 1.165) is 17.9 Å². The van der Waals surface area contributed by atoms with Crippen LogP contribution < -0.4 is 4.74 Å². The van der Waals surface area contributed by atoms with Crippen molar-refractivity contribution in [3.63, 3.8) is 0 Å². The third kappa shape index (κ3) is 2.91. The van der Waals surface area contributed by atoms with Gasteiger partial charge in [-0.05, 0) is 43.1 Å². The fourth-order valence-corrected chi connectivity index (χ4v) is 2.37. The Balaban J connectivity index is 3.13. The molecule has 0 bridgehead atoms. The van der Waals surface area contributed by atoms with E-state index in [0.29, 0.717) is 5.92 Å². The molecular formula is C13H20OS. The Morgan fingerprint density at radius 3 is 2.53 bits per heavy atom. The molecule has 84 valence electrons. The molecule has 0 N–H and O–H groups in total. The molecule has 1 unspecified atom stereocenters. The molecule has 0 aliphatic rings. The Bertz CT molecular complexity index is 334. The monoisotopic (exact) mass is 224 g/mol. The van der Waals surface area contributed by atoms with Crippen molar-refractivity contribution in [3.05, 3.63) is 28.8 Å². The van der Waals surface area contributed by atoms with Crippen LogP contribution in [0.5, 0.6) is 5.75 Å². The van der Waals surface area contributed by atoms with Gasteiger partial charge in [-0.2, -0.15) is 12.6 Å². The molecule has 1 aromatic rings. The maximum Gasteiger partial charge on any atom is 0.125 e. The van der Waals surface area contributed by atoms with Crippen LogP contribution in [0.1, 0.15) is 36.0 Å². The average Bonchev–Trinajstić information content (AvgIpc) is 2.17. The van der Waals surface area contributed by atoms with Gasteiger partial charge in [-0.25, -0.2) is 0 Å². The maximum atomic E-state index is 5.47. The summed E-state index contributed by atoms with van der Waals surface area (Å²) in [7, 11) is 1.74. The SMILES string of the molecule is COc1c(C)cc(C)cc1C(C)CCS. The topological polar surface area (TPSA) is 9.23 Å². The van der Waals surface area contributed by atoms with E-state index in [1.807, 2.05) is 0 Å². The minimum absolute atomic E-state index is 0.510. The van der Waals surface area contributed by atoms with Crippen molar-refractivity contribution in [2.45, 2.75) is 33.1 Å². The number of rotatable bonds is 4. The molecule has 1 nitrogen and oxygen atoms in total. The van der Waals surface area contributed by atoms with E-state index in [9.17, 15) is 0 Å². The second-order valence-electron chi connectivity index (χ2n) is 4.12. The number of thiol groups is 1. The van der Waals surface area contributed by atoms with Gasteiger partial charge in [0.05, 0.1) is 7.11 Å². The lowest BCUT2D eigenvalue weighted by molar-refractivity contribution is 0.403. The van der Waals surface area contributed by atoms with Crippen LogP contribution in [0.15, 0.2) is 12.1 Å². The quantitative estimate of drug-likeness (QED) is 0.767. The largest absolute Gasteiger partial charge is 0.496 e. The molecule has 0 aromatic heterocycles. The van der Waals surface area contributed by atoms with Crippen LogP contribution in [0.2, 0.25) is 0 Å². The van der Waals surface area contributed by atoms with Crippen LogP contribution in [0.4, 0.5) is 0 Å². The van der Waals surface area contributed by atoms with E-state index >= 15 is 0 Å². The third-order valence-corrected chi connectivity index (χ3v) is 3.00. The van der Waals surface area contributed by atoms with Gasteiger partial charge in [0.15, 0.2) is 0 Å². The zero-order chi connectivity index (χ0) is 11.4. The lowest BCUT2D eigenvalue weighted by Crippen LogP contribution is -2.01. The molecule has 0 saturated carbocycles. The highest BCUT2D eigenvalue weighted by Crippen LogP contribution is 2.32. The Kier molecular flexibility index (Phi) is 4.52. The lowest BCUT2D eigenvalue weighted by Gasteiger charge is -2.17. The second kappa shape index (κ2) is 5.45. The highest BCUT2D eigenvalue weighted by atomic mass is 32.1. The van der Waals surface area contributed by atoms with Crippen molar-refractivity contribution >= 4 is 12.6 Å². The van der Waals surface area contributed by atoms with Crippen LogP contribution in [-0.2, 0) is 0 Å². The number of methoxy groups -OCH3 is 1. The average molecular weight is 224 g/mol. The molecule has 0 fully saturated rings. The Labute approximate surface area is 98.3 Å². The van der Waals surface area contributed by atoms with E-state index < -0.39 is 0 Å². The highest BCUT2D eigenvalue weighted by Gasteiger charge is 2.13. The summed E-state index contributed by atoms with van der Waals surface area (Å²) in [6.07, 6.45) is 1.09. The van der Waals surface area contributed by atoms with Gasteiger partial charge >= 0.3 is 0 Å². The standard InChI is InChI=1S/C13H20OS/c1-9-7-11(3)13(14-4)12(8-9)10(2)5-6-15/h7-8,10,15H,5-6H2,1-4H3. The Morgan fingerprint density at radius 2 is 2.00 bits per heavy atom. The smallest absolute Gasteiger partial charge is 0.125 e. The summed E-state index contributed by atoms with van der Waals surface area (Å²) < 4.78 is 5.47. The van der Waals surface area contributed by atoms with Crippen molar-refractivity contribution in [1.82, 2.24) is 0 Å². The van der Waals surface area contributed by atoms with E-state index in [4.69, 9.17) is 4.74 Å². The van der Waals surface area contributed by atoms with Gasteiger partial charge in [0.2, 0.25) is 0 Å². The summed E-state index contributed by atoms with van der Waals surface area (Å²) in [6, 6.07) is 4.38. The molecule has 1 atom stereocenters. The summed E-state index contributed by atoms with van der Waals surface area (Å²) in [5.74, 6) is 2.46. The fraction of sp³-hybridized carbons (Fsp3) is 0.538. The maximum absolute atomic E-state index is 5.47. The van der Waals surface area contributed by atoms with Crippen LogP contribution in [0, 0.1) is 13.8 Å². The lowest BCUT2D eigenvalue weighted by atomic mass is 9.94. The first-order valence-corrected chi connectivity index (χ1v) is 5.99. The number of aryl methyl sites for hydroxylation is 2. The van der Waals surface area contributed by atoms with E-state index in [1.165, 1.54) is 16.7 Å². The fourth-order valence-electron chi connectivity index (χ4n) is 1.98. The predicted molar refractivity (Wildman–Crippen MR) is 69.4 cm³/mol. The summed E-state index contributed by atoms with van der Waals surface area (Å²) in [4.78, 5) is 0. The van der Waals surface area contributed by atoms with E-state index in [-0.39, 0.29) is 0 Å². The Morgan fingerprint density at radius 1 is 1.33 bits per heavy atom. The molecule has 0 aliphatic heterocycles. The number of hydrogen-bond acceptors (Lipinski definition) is 2. The minimum Gasteiger partial charge on any atom is -0.496 e. The van der Waals surface area contributed by atoms with Crippen LogP contribution in [-0.4, -0.2) is 12.9 Å². The number of hydrogen-bond donors (Lipinski definition) is 1. The zero-order valence-electron chi connectivity index (χ0n) is 10.0. The second-order valence-corrected chi connectivity index (χ2v) is 4.56. The molecular weight excluding hydrogens is 204 g/mol. The molecule has 0 amide bonds. The molecule has 0 spiro atoms. The highest BCUT2D eigenvalue weighted by molar-refractivity contribution is 7.80. The number of ether oxygens (including phenoxy) is 1. The first kappa shape index (κ1) is 12.4. The van der Waals surface area contributed by atoms with Gasteiger partial charge in [0, 0.05) is 0 Å². The molecule has 1 aromatic carbocycles. The van der Waals surface area contributed by atoms with Crippen LogP contribution >= 0.6 is 12.6 Å².